The Balaban J connectivity index is 2.35. The van der Waals surface area contributed by atoms with Crippen molar-refractivity contribution in [3.8, 4) is 0 Å². The third-order valence-electron chi connectivity index (χ3n) is 3.65. The Morgan fingerprint density at radius 3 is 2.06 bits per heavy atom. The van der Waals surface area contributed by atoms with E-state index >= 15 is 0 Å². The molecule has 0 aromatic heterocycles. The molecule has 16 heavy (non-hydrogen) atoms. The molecule has 1 aliphatic rings. The van der Waals surface area contributed by atoms with Crippen LogP contribution in [0.25, 0.3) is 0 Å². The van der Waals surface area contributed by atoms with Crippen molar-refractivity contribution < 1.29 is 4.79 Å². The van der Waals surface area contributed by atoms with Gasteiger partial charge in [-0.25, -0.2) is 0 Å². The molecule has 0 bridgehead atoms. The molecule has 1 saturated carbocycles. The Hall–Kier alpha value is -1.11. The normalized spacial score (nSPS) is 16.7. The molecule has 1 nitrogen and oxygen atoms in total. The largest absolute Gasteiger partial charge is 0.294 e. The van der Waals surface area contributed by atoms with Crippen molar-refractivity contribution in [3.05, 3.63) is 34.4 Å². The smallest absolute Gasteiger partial charge is 0.166 e. The highest BCUT2D eigenvalue weighted by atomic mass is 16.1. The molecule has 2 rings (SSSR count). The lowest BCUT2D eigenvalue weighted by molar-refractivity contribution is 0.0921. The van der Waals surface area contributed by atoms with Crippen LogP contribution in [0.4, 0.5) is 0 Å². The van der Waals surface area contributed by atoms with Crippen LogP contribution in [0.5, 0.6) is 0 Å². The maximum atomic E-state index is 12.4. The molecule has 0 spiro atoms. The van der Waals surface area contributed by atoms with E-state index in [0.29, 0.717) is 11.7 Å². The average molecular weight is 216 g/mol. The van der Waals surface area contributed by atoms with Crippen LogP contribution in [0.15, 0.2) is 12.1 Å². The van der Waals surface area contributed by atoms with Gasteiger partial charge < -0.3 is 0 Å². The predicted molar refractivity (Wildman–Crippen MR) is 66.9 cm³/mol. The summed E-state index contributed by atoms with van der Waals surface area (Å²) in [6, 6.07) is 4.24. The molecule has 0 unspecified atom stereocenters. The molecule has 0 saturated heterocycles. The lowest BCUT2D eigenvalue weighted by atomic mass is 9.89. The summed E-state index contributed by atoms with van der Waals surface area (Å²) in [5.41, 5.74) is 4.53. The van der Waals surface area contributed by atoms with Gasteiger partial charge in [0.15, 0.2) is 5.78 Å². The van der Waals surface area contributed by atoms with Gasteiger partial charge in [0.1, 0.15) is 0 Å². The second kappa shape index (κ2) is 4.40. The number of Topliss-reactive ketones (excluding diaryl/α,β-unsaturated/α-hetero) is 1. The van der Waals surface area contributed by atoms with Crippen molar-refractivity contribution in [1.82, 2.24) is 0 Å². The molecule has 0 radical (unpaired) electrons. The Morgan fingerprint density at radius 1 is 1.06 bits per heavy atom. The van der Waals surface area contributed by atoms with E-state index in [-0.39, 0.29) is 0 Å². The quantitative estimate of drug-likeness (QED) is 0.683. The highest BCUT2D eigenvalue weighted by Crippen LogP contribution is 2.30. The van der Waals surface area contributed by atoms with E-state index in [1.807, 2.05) is 0 Å². The van der Waals surface area contributed by atoms with E-state index in [9.17, 15) is 4.79 Å². The van der Waals surface area contributed by atoms with Gasteiger partial charge in [-0.15, -0.1) is 0 Å². The van der Waals surface area contributed by atoms with Crippen LogP contribution >= 0.6 is 0 Å². The summed E-state index contributed by atoms with van der Waals surface area (Å²) < 4.78 is 0. The molecule has 1 aromatic carbocycles. The lowest BCUT2D eigenvalue weighted by Crippen LogP contribution is -2.14. The zero-order chi connectivity index (χ0) is 11.7. The highest BCUT2D eigenvalue weighted by Gasteiger charge is 2.25. The van der Waals surface area contributed by atoms with Crippen molar-refractivity contribution in [2.24, 2.45) is 5.92 Å². The summed E-state index contributed by atoms with van der Waals surface area (Å²) in [6.07, 6.45) is 4.62. The highest BCUT2D eigenvalue weighted by molar-refractivity contribution is 6.00. The van der Waals surface area contributed by atoms with Gasteiger partial charge >= 0.3 is 0 Å². The number of benzene rings is 1. The van der Waals surface area contributed by atoms with Crippen LogP contribution in [-0.4, -0.2) is 5.78 Å². The first-order chi connectivity index (χ1) is 7.59. The Labute approximate surface area is 97.9 Å². The second-order valence-electron chi connectivity index (χ2n) is 5.12. The lowest BCUT2D eigenvalue weighted by Gasteiger charge is -2.14. The molecule has 1 fully saturated rings. The van der Waals surface area contributed by atoms with E-state index < -0.39 is 0 Å². The zero-order valence-corrected chi connectivity index (χ0v) is 10.5. The number of rotatable bonds is 2. The standard InChI is InChI=1S/C15H20O/c1-10-8-11(2)14(12(3)9-10)15(16)13-6-4-5-7-13/h8-9,13H,4-7H2,1-3H3. The summed E-state index contributed by atoms with van der Waals surface area (Å²) in [5, 5.41) is 0. The van der Waals surface area contributed by atoms with Gasteiger partial charge in [0.2, 0.25) is 0 Å². The summed E-state index contributed by atoms with van der Waals surface area (Å²) in [5.74, 6) is 0.674. The molecule has 0 aliphatic heterocycles. The molecule has 0 N–H and O–H groups in total. The number of carbonyl (C=O) groups excluding carboxylic acids is 1. The molecule has 1 aliphatic carbocycles. The van der Waals surface area contributed by atoms with Crippen LogP contribution < -0.4 is 0 Å². The summed E-state index contributed by atoms with van der Waals surface area (Å²) in [7, 11) is 0. The number of aryl methyl sites for hydroxylation is 3. The molecule has 86 valence electrons. The minimum Gasteiger partial charge on any atom is -0.294 e. The fourth-order valence-electron chi connectivity index (χ4n) is 2.96. The van der Waals surface area contributed by atoms with Gasteiger partial charge in [-0.3, -0.25) is 4.79 Å². The minimum atomic E-state index is 0.292. The summed E-state index contributed by atoms with van der Waals surface area (Å²) >= 11 is 0. The number of carbonyl (C=O) groups is 1. The van der Waals surface area contributed by atoms with Crippen LogP contribution in [0.3, 0.4) is 0 Å². The molecule has 0 amide bonds. The Kier molecular flexibility index (Phi) is 3.13. The fourth-order valence-corrected chi connectivity index (χ4v) is 2.96. The average Bonchev–Trinajstić information content (AvgIpc) is 2.67. The summed E-state index contributed by atoms with van der Waals surface area (Å²) in [6.45, 7) is 6.20. The number of ketones is 1. The van der Waals surface area contributed by atoms with Gasteiger partial charge in [0, 0.05) is 11.5 Å². The first kappa shape index (κ1) is 11.4. The van der Waals surface area contributed by atoms with E-state index in [4.69, 9.17) is 0 Å². The van der Waals surface area contributed by atoms with Crippen molar-refractivity contribution >= 4 is 5.78 Å². The van der Waals surface area contributed by atoms with Gasteiger partial charge in [0.05, 0.1) is 0 Å². The van der Waals surface area contributed by atoms with Crippen LogP contribution in [-0.2, 0) is 0 Å². The SMILES string of the molecule is Cc1cc(C)c(C(=O)C2CCCC2)c(C)c1. The van der Waals surface area contributed by atoms with Gasteiger partial charge in [0.25, 0.3) is 0 Å². The van der Waals surface area contributed by atoms with Crippen LogP contribution in [0.1, 0.15) is 52.7 Å². The molecule has 0 atom stereocenters. The van der Waals surface area contributed by atoms with Crippen LogP contribution in [0.2, 0.25) is 0 Å². The van der Waals surface area contributed by atoms with Crippen molar-refractivity contribution in [2.45, 2.75) is 46.5 Å². The maximum absolute atomic E-state index is 12.4. The zero-order valence-electron chi connectivity index (χ0n) is 10.5. The molecule has 0 heterocycles. The van der Waals surface area contributed by atoms with E-state index in [1.54, 1.807) is 0 Å². The predicted octanol–water partition coefficient (Wildman–Crippen LogP) is 3.98. The molecule has 1 heteroatoms. The monoisotopic (exact) mass is 216 g/mol. The van der Waals surface area contributed by atoms with Crippen LogP contribution in [0, 0.1) is 26.7 Å². The Bertz CT molecular complexity index is 388. The van der Waals surface area contributed by atoms with Gasteiger partial charge in [-0.1, -0.05) is 30.5 Å². The minimum absolute atomic E-state index is 0.292. The third kappa shape index (κ3) is 2.04. The van der Waals surface area contributed by atoms with E-state index in [2.05, 4.69) is 32.9 Å². The first-order valence-electron chi connectivity index (χ1n) is 6.21. The van der Waals surface area contributed by atoms with Crippen molar-refractivity contribution in [3.63, 3.8) is 0 Å². The number of hydrogen-bond donors (Lipinski definition) is 0. The van der Waals surface area contributed by atoms with E-state index in [0.717, 1.165) is 29.5 Å². The molecule has 1 aromatic rings. The number of hydrogen-bond acceptors (Lipinski definition) is 1. The van der Waals surface area contributed by atoms with Crippen molar-refractivity contribution in [2.75, 3.05) is 0 Å². The first-order valence-corrected chi connectivity index (χ1v) is 6.21. The topological polar surface area (TPSA) is 17.1 Å². The summed E-state index contributed by atoms with van der Waals surface area (Å²) in [4.78, 5) is 12.4. The Morgan fingerprint density at radius 2 is 1.56 bits per heavy atom. The second-order valence-corrected chi connectivity index (χ2v) is 5.12. The molecular formula is C15H20O. The molecular weight excluding hydrogens is 196 g/mol. The fraction of sp³-hybridized carbons (Fsp3) is 0.533. The van der Waals surface area contributed by atoms with Gasteiger partial charge in [-0.2, -0.15) is 0 Å². The van der Waals surface area contributed by atoms with Crippen molar-refractivity contribution in [1.29, 1.82) is 0 Å². The maximum Gasteiger partial charge on any atom is 0.166 e. The van der Waals surface area contributed by atoms with Gasteiger partial charge in [-0.05, 0) is 44.7 Å². The van der Waals surface area contributed by atoms with E-state index in [1.165, 1.54) is 18.4 Å². The third-order valence-corrected chi connectivity index (χ3v) is 3.65.